The van der Waals surface area contributed by atoms with Gasteiger partial charge in [-0.25, -0.2) is 10.0 Å². The Morgan fingerprint density at radius 3 is 2.58 bits per heavy atom. The summed E-state index contributed by atoms with van der Waals surface area (Å²) < 4.78 is 41.0. The lowest BCUT2D eigenvalue weighted by Gasteiger charge is -2.27. The highest BCUT2D eigenvalue weighted by Crippen LogP contribution is 2.34. The molecule has 1 aliphatic rings. The van der Waals surface area contributed by atoms with Crippen LogP contribution in [0.15, 0.2) is 36.5 Å². The van der Waals surface area contributed by atoms with E-state index in [0.29, 0.717) is 10.9 Å². The van der Waals surface area contributed by atoms with Crippen molar-refractivity contribution in [2.24, 2.45) is 5.92 Å². The highest BCUT2D eigenvalue weighted by molar-refractivity contribution is 6.10. The Labute approximate surface area is 204 Å². The third-order valence-electron chi connectivity index (χ3n) is 6.42. The zero-order chi connectivity index (χ0) is 26.0. The number of carbonyl (C=O) groups is 2. The molecule has 3 aromatic rings. The predicted octanol–water partition coefficient (Wildman–Crippen LogP) is 4.06. The van der Waals surface area contributed by atoms with E-state index in [9.17, 15) is 27.9 Å². The summed E-state index contributed by atoms with van der Waals surface area (Å²) in [5, 5.41) is 18.1. The van der Waals surface area contributed by atoms with Gasteiger partial charge in [-0.1, -0.05) is 6.07 Å². The summed E-state index contributed by atoms with van der Waals surface area (Å²) in [6, 6.07) is 6.22. The van der Waals surface area contributed by atoms with Crippen LogP contribution in [0.25, 0.3) is 10.9 Å². The topological polar surface area (TPSA) is 110 Å². The van der Waals surface area contributed by atoms with E-state index < -0.39 is 29.4 Å². The zero-order valence-corrected chi connectivity index (χ0v) is 19.7. The Hall–Kier alpha value is -3.51. The van der Waals surface area contributed by atoms with Crippen LogP contribution in [0.1, 0.15) is 58.3 Å². The standard InChI is InChI=1S/C24H26F3N5O4/c1-31(36-2)23(35)17-11-19-15(12-32(30-19)16-8-6-14(13-33)7-9-16)10-20(17)29-22(34)18-4-3-5-21(28-18)24(25,26)27/h3-5,10-12,14,16,33H,6-9,13H2,1-2H3,(H,29,34). The van der Waals surface area contributed by atoms with Crippen LogP contribution in [-0.2, 0) is 11.0 Å². The molecule has 2 N–H and O–H groups in total. The molecular weight excluding hydrogens is 479 g/mol. The third kappa shape index (κ3) is 5.34. The number of amides is 2. The first kappa shape index (κ1) is 25.6. The SMILES string of the molecule is CON(C)C(=O)c1cc2nn(C3CCC(CO)CC3)cc2cc1NC(=O)c1cccc(C(F)(F)F)n1. The first-order chi connectivity index (χ1) is 17.1. The smallest absolute Gasteiger partial charge is 0.396 e. The van der Waals surface area contributed by atoms with Gasteiger partial charge in [-0.05, 0) is 55.9 Å². The number of carbonyl (C=O) groups excluding carboxylic acids is 2. The Balaban J connectivity index is 1.68. The molecule has 4 rings (SSSR count). The van der Waals surface area contributed by atoms with Crippen molar-refractivity contribution in [3.05, 3.63) is 53.5 Å². The monoisotopic (exact) mass is 505 g/mol. The molecule has 0 atom stereocenters. The summed E-state index contributed by atoms with van der Waals surface area (Å²) in [5.74, 6) is -1.19. The fourth-order valence-corrected chi connectivity index (χ4v) is 4.31. The Bertz CT molecular complexity index is 1270. The van der Waals surface area contributed by atoms with Crippen LogP contribution >= 0.6 is 0 Å². The third-order valence-corrected chi connectivity index (χ3v) is 6.42. The van der Waals surface area contributed by atoms with Crippen molar-refractivity contribution >= 4 is 28.4 Å². The van der Waals surface area contributed by atoms with Gasteiger partial charge < -0.3 is 10.4 Å². The number of aliphatic hydroxyl groups excluding tert-OH is 1. The minimum absolute atomic E-state index is 0.0569. The summed E-state index contributed by atoms with van der Waals surface area (Å²) in [6.07, 6.45) is 0.564. The van der Waals surface area contributed by atoms with Gasteiger partial charge >= 0.3 is 6.18 Å². The molecule has 2 amide bonds. The number of nitrogens with one attached hydrogen (secondary N) is 1. The van der Waals surface area contributed by atoms with E-state index in [0.717, 1.165) is 48.9 Å². The van der Waals surface area contributed by atoms with Gasteiger partial charge in [-0.15, -0.1) is 0 Å². The van der Waals surface area contributed by atoms with Gasteiger partial charge in [0.25, 0.3) is 11.8 Å². The number of aromatic nitrogens is 3. The molecule has 192 valence electrons. The fraction of sp³-hybridized carbons (Fsp3) is 0.417. The first-order valence-corrected chi connectivity index (χ1v) is 11.4. The molecule has 1 saturated carbocycles. The number of aliphatic hydroxyl groups is 1. The van der Waals surface area contributed by atoms with Crippen molar-refractivity contribution < 1.29 is 32.7 Å². The Morgan fingerprint density at radius 2 is 1.94 bits per heavy atom. The van der Waals surface area contributed by atoms with Crippen LogP contribution in [0.2, 0.25) is 0 Å². The average Bonchev–Trinajstić information content (AvgIpc) is 3.30. The van der Waals surface area contributed by atoms with E-state index in [4.69, 9.17) is 4.84 Å². The lowest BCUT2D eigenvalue weighted by Crippen LogP contribution is -2.27. The van der Waals surface area contributed by atoms with E-state index >= 15 is 0 Å². The molecule has 1 fully saturated rings. The fourth-order valence-electron chi connectivity index (χ4n) is 4.31. The number of nitrogens with zero attached hydrogens (tertiary/aromatic N) is 4. The second-order valence-electron chi connectivity index (χ2n) is 8.77. The van der Waals surface area contributed by atoms with Crippen LogP contribution in [0.3, 0.4) is 0 Å². The van der Waals surface area contributed by atoms with Crippen LogP contribution < -0.4 is 5.32 Å². The number of halogens is 3. The normalized spacial score (nSPS) is 18.3. The summed E-state index contributed by atoms with van der Waals surface area (Å²) in [4.78, 5) is 34.2. The van der Waals surface area contributed by atoms with Gasteiger partial charge in [0, 0.05) is 25.2 Å². The lowest BCUT2D eigenvalue weighted by molar-refractivity contribution is -0.141. The maximum atomic E-state index is 13.0. The molecule has 9 nitrogen and oxygen atoms in total. The second-order valence-corrected chi connectivity index (χ2v) is 8.77. The number of hydroxylamine groups is 2. The highest BCUT2D eigenvalue weighted by atomic mass is 19.4. The number of alkyl halides is 3. The van der Waals surface area contributed by atoms with Crippen LogP contribution in [0.4, 0.5) is 18.9 Å². The van der Waals surface area contributed by atoms with Crippen molar-refractivity contribution in [1.29, 1.82) is 0 Å². The van der Waals surface area contributed by atoms with E-state index in [-0.39, 0.29) is 29.8 Å². The maximum Gasteiger partial charge on any atom is 0.433 e. The van der Waals surface area contributed by atoms with Crippen molar-refractivity contribution in [2.75, 3.05) is 26.1 Å². The summed E-state index contributed by atoms with van der Waals surface area (Å²) in [7, 11) is 2.70. The summed E-state index contributed by atoms with van der Waals surface area (Å²) in [6.45, 7) is 0.163. The number of benzene rings is 1. The zero-order valence-electron chi connectivity index (χ0n) is 19.7. The van der Waals surface area contributed by atoms with E-state index in [1.807, 2.05) is 10.9 Å². The summed E-state index contributed by atoms with van der Waals surface area (Å²) in [5.41, 5.74) is -0.981. The van der Waals surface area contributed by atoms with Gasteiger partial charge in [0.2, 0.25) is 0 Å². The van der Waals surface area contributed by atoms with Gasteiger partial charge in [0.1, 0.15) is 11.4 Å². The van der Waals surface area contributed by atoms with Crippen LogP contribution in [0, 0.1) is 5.92 Å². The first-order valence-electron chi connectivity index (χ1n) is 11.4. The minimum Gasteiger partial charge on any atom is -0.396 e. The quantitative estimate of drug-likeness (QED) is 0.489. The van der Waals surface area contributed by atoms with E-state index in [2.05, 4.69) is 15.4 Å². The highest BCUT2D eigenvalue weighted by Gasteiger charge is 2.33. The molecule has 0 spiro atoms. The van der Waals surface area contributed by atoms with Gasteiger partial charge in [-0.2, -0.15) is 18.3 Å². The molecule has 2 heterocycles. The Kier molecular flexibility index (Phi) is 7.27. The molecule has 0 unspecified atom stereocenters. The maximum absolute atomic E-state index is 13.0. The molecule has 0 saturated heterocycles. The van der Waals surface area contributed by atoms with Crippen molar-refractivity contribution in [1.82, 2.24) is 19.8 Å². The van der Waals surface area contributed by atoms with Crippen LogP contribution in [-0.4, -0.2) is 57.5 Å². The van der Waals surface area contributed by atoms with Gasteiger partial charge in [-0.3, -0.25) is 19.1 Å². The number of fused-ring (bicyclic) bond motifs is 1. The van der Waals surface area contributed by atoms with Crippen molar-refractivity contribution in [3.63, 3.8) is 0 Å². The molecule has 1 aliphatic carbocycles. The molecule has 36 heavy (non-hydrogen) atoms. The van der Waals surface area contributed by atoms with Crippen LogP contribution in [0.5, 0.6) is 0 Å². The number of anilines is 1. The van der Waals surface area contributed by atoms with Crippen molar-refractivity contribution in [3.8, 4) is 0 Å². The minimum atomic E-state index is -4.71. The number of hydrogen-bond acceptors (Lipinski definition) is 6. The summed E-state index contributed by atoms with van der Waals surface area (Å²) >= 11 is 0. The molecule has 12 heteroatoms. The average molecular weight is 505 g/mol. The molecule has 0 radical (unpaired) electrons. The number of pyridine rings is 1. The molecular formula is C24H26F3N5O4. The molecule has 2 aromatic heterocycles. The Morgan fingerprint density at radius 1 is 1.22 bits per heavy atom. The van der Waals surface area contributed by atoms with Crippen molar-refractivity contribution in [2.45, 2.75) is 37.9 Å². The van der Waals surface area contributed by atoms with E-state index in [1.54, 1.807) is 6.07 Å². The van der Waals surface area contributed by atoms with Gasteiger partial charge in [0.15, 0.2) is 0 Å². The number of rotatable bonds is 6. The molecule has 0 bridgehead atoms. The van der Waals surface area contributed by atoms with E-state index in [1.165, 1.54) is 20.2 Å². The predicted molar refractivity (Wildman–Crippen MR) is 124 cm³/mol. The molecule has 1 aromatic carbocycles. The largest absolute Gasteiger partial charge is 0.433 e. The second kappa shape index (κ2) is 10.2. The lowest BCUT2D eigenvalue weighted by atomic mass is 9.87. The number of hydrogen-bond donors (Lipinski definition) is 2. The van der Waals surface area contributed by atoms with Gasteiger partial charge in [0.05, 0.1) is 29.9 Å². The molecule has 0 aliphatic heterocycles.